The van der Waals surface area contributed by atoms with Crippen LogP contribution in [0.4, 0.5) is 0 Å². The van der Waals surface area contributed by atoms with Gasteiger partial charge in [-0.2, -0.15) is 0 Å². The lowest BCUT2D eigenvalue weighted by atomic mass is 10.1. The lowest BCUT2D eigenvalue weighted by Gasteiger charge is -2.14. The Hall–Kier alpha value is -2.88. The summed E-state index contributed by atoms with van der Waals surface area (Å²) in [5.74, 6) is -0.0428. The van der Waals surface area contributed by atoms with Crippen molar-refractivity contribution in [3.8, 4) is 0 Å². The van der Waals surface area contributed by atoms with Gasteiger partial charge in [0.25, 0.3) is 0 Å². The molecule has 0 saturated heterocycles. The topological polar surface area (TPSA) is 51.1 Å². The molecule has 2 aromatic carbocycles. The van der Waals surface area contributed by atoms with Gasteiger partial charge in [-0.3, -0.25) is 9.59 Å². The van der Waals surface area contributed by atoms with Gasteiger partial charge < -0.3 is 9.88 Å². The van der Waals surface area contributed by atoms with E-state index < -0.39 is 0 Å². The first kappa shape index (κ1) is 17.0. The molecule has 1 atom stereocenters. The summed E-state index contributed by atoms with van der Waals surface area (Å²) in [5.41, 5.74) is 2.79. The number of nitrogens with one attached hydrogen (secondary N) is 1. The maximum Gasteiger partial charge on any atom is 0.240 e. The van der Waals surface area contributed by atoms with E-state index in [4.69, 9.17) is 0 Å². The molecule has 0 spiro atoms. The minimum atomic E-state index is -0.0428. The highest BCUT2D eigenvalue weighted by molar-refractivity contribution is 5.98. The van der Waals surface area contributed by atoms with Gasteiger partial charge >= 0.3 is 0 Å². The lowest BCUT2D eigenvalue weighted by molar-refractivity contribution is -0.122. The van der Waals surface area contributed by atoms with Crippen LogP contribution < -0.4 is 5.32 Å². The second-order valence-electron chi connectivity index (χ2n) is 6.34. The van der Waals surface area contributed by atoms with Gasteiger partial charge in [-0.15, -0.1) is 0 Å². The number of aldehydes is 1. The summed E-state index contributed by atoms with van der Waals surface area (Å²) >= 11 is 0. The summed E-state index contributed by atoms with van der Waals surface area (Å²) < 4.78 is 1.83. The van der Waals surface area contributed by atoms with E-state index >= 15 is 0 Å². The summed E-state index contributed by atoms with van der Waals surface area (Å²) in [7, 11) is 0. The van der Waals surface area contributed by atoms with Crippen LogP contribution >= 0.6 is 0 Å². The highest BCUT2D eigenvalue weighted by Crippen LogP contribution is 2.19. The molecule has 1 N–H and O–H groups in total. The van der Waals surface area contributed by atoms with Crippen LogP contribution in [0.1, 0.15) is 29.3 Å². The molecule has 1 aromatic heterocycles. The Balaban J connectivity index is 1.60. The molecule has 128 valence electrons. The van der Waals surface area contributed by atoms with Crippen LogP contribution in [0.15, 0.2) is 60.8 Å². The second-order valence-corrected chi connectivity index (χ2v) is 6.34. The maximum atomic E-state index is 12.4. The van der Waals surface area contributed by atoms with E-state index in [0.717, 1.165) is 30.0 Å². The van der Waals surface area contributed by atoms with Crippen molar-refractivity contribution in [2.24, 2.45) is 0 Å². The lowest BCUT2D eigenvalue weighted by Crippen LogP contribution is -2.35. The van der Waals surface area contributed by atoms with Crippen LogP contribution in [0.2, 0.25) is 0 Å². The molecule has 0 radical (unpaired) electrons. The smallest absolute Gasteiger partial charge is 0.240 e. The molecule has 25 heavy (non-hydrogen) atoms. The number of nitrogens with zero attached hydrogens (tertiary/aromatic N) is 1. The van der Waals surface area contributed by atoms with Crippen molar-refractivity contribution >= 4 is 23.1 Å². The Kier molecular flexibility index (Phi) is 5.29. The van der Waals surface area contributed by atoms with Crippen LogP contribution in [-0.4, -0.2) is 22.8 Å². The van der Waals surface area contributed by atoms with Gasteiger partial charge in [0.2, 0.25) is 5.91 Å². The molecule has 0 aliphatic rings. The zero-order valence-electron chi connectivity index (χ0n) is 14.3. The van der Waals surface area contributed by atoms with Crippen molar-refractivity contribution in [1.29, 1.82) is 0 Å². The Morgan fingerprint density at radius 3 is 2.60 bits per heavy atom. The molecular formula is C21H22N2O2. The van der Waals surface area contributed by atoms with E-state index in [1.165, 1.54) is 5.56 Å². The normalized spacial score (nSPS) is 12.0. The van der Waals surface area contributed by atoms with E-state index in [1.54, 1.807) is 6.20 Å². The van der Waals surface area contributed by atoms with E-state index in [0.29, 0.717) is 5.56 Å². The molecule has 0 bridgehead atoms. The highest BCUT2D eigenvalue weighted by atomic mass is 16.2. The number of amides is 1. The third-order valence-electron chi connectivity index (χ3n) is 4.38. The fraction of sp³-hybridized carbons (Fsp3) is 0.238. The van der Waals surface area contributed by atoms with Gasteiger partial charge in [-0.25, -0.2) is 0 Å². The predicted octanol–water partition coefficient (Wildman–Crippen LogP) is 3.59. The van der Waals surface area contributed by atoms with Crippen molar-refractivity contribution in [2.75, 3.05) is 0 Å². The quantitative estimate of drug-likeness (QED) is 0.671. The first-order chi connectivity index (χ1) is 12.2. The summed E-state index contributed by atoms with van der Waals surface area (Å²) in [6.07, 6.45) is 4.40. The van der Waals surface area contributed by atoms with Gasteiger partial charge in [-0.05, 0) is 31.4 Å². The van der Waals surface area contributed by atoms with Gasteiger partial charge in [0.15, 0.2) is 6.29 Å². The van der Waals surface area contributed by atoms with Crippen molar-refractivity contribution in [3.63, 3.8) is 0 Å². The molecule has 3 aromatic rings. The standard InChI is InChI=1S/C21H22N2O2/c1-16(11-12-17-7-3-2-4-8-17)22-21(25)14-23-13-18(15-24)19-9-5-6-10-20(19)23/h2-10,13,15-16H,11-12,14H2,1H3,(H,22,25)/t16-/m0/s1. The SMILES string of the molecule is C[C@@H](CCc1ccccc1)NC(=O)Cn1cc(C=O)c2ccccc21. The first-order valence-corrected chi connectivity index (χ1v) is 8.53. The van der Waals surface area contributed by atoms with Crippen molar-refractivity contribution in [2.45, 2.75) is 32.4 Å². The average molecular weight is 334 g/mol. The monoisotopic (exact) mass is 334 g/mol. The van der Waals surface area contributed by atoms with Gasteiger partial charge in [0.1, 0.15) is 6.54 Å². The van der Waals surface area contributed by atoms with Gasteiger partial charge in [-0.1, -0.05) is 48.5 Å². The molecule has 0 aliphatic heterocycles. The van der Waals surface area contributed by atoms with Crippen molar-refractivity contribution in [1.82, 2.24) is 9.88 Å². The molecule has 4 heteroatoms. The molecule has 0 aliphatic carbocycles. The van der Waals surface area contributed by atoms with Crippen LogP contribution in [-0.2, 0) is 17.8 Å². The van der Waals surface area contributed by atoms with Crippen molar-refractivity contribution in [3.05, 3.63) is 71.9 Å². The van der Waals surface area contributed by atoms with Crippen LogP contribution in [0.25, 0.3) is 10.9 Å². The minimum absolute atomic E-state index is 0.0428. The Labute approximate surface area is 147 Å². The molecular weight excluding hydrogens is 312 g/mol. The Bertz CT molecular complexity index is 868. The third kappa shape index (κ3) is 4.15. The molecule has 0 saturated carbocycles. The fourth-order valence-electron chi connectivity index (χ4n) is 3.08. The number of aromatic nitrogens is 1. The predicted molar refractivity (Wildman–Crippen MR) is 99.7 cm³/mol. The van der Waals surface area contributed by atoms with Crippen molar-refractivity contribution < 1.29 is 9.59 Å². The van der Waals surface area contributed by atoms with Crippen LogP contribution in [0, 0.1) is 0 Å². The minimum Gasteiger partial charge on any atom is -0.352 e. The zero-order valence-corrected chi connectivity index (χ0v) is 14.3. The number of fused-ring (bicyclic) bond motifs is 1. The number of carbonyl (C=O) groups is 2. The summed E-state index contributed by atoms with van der Waals surface area (Å²) in [5, 5.41) is 3.92. The Morgan fingerprint density at radius 1 is 1.12 bits per heavy atom. The van der Waals surface area contributed by atoms with E-state index in [9.17, 15) is 9.59 Å². The average Bonchev–Trinajstić information content (AvgIpc) is 2.98. The van der Waals surface area contributed by atoms with Crippen LogP contribution in [0.3, 0.4) is 0 Å². The first-order valence-electron chi connectivity index (χ1n) is 8.53. The van der Waals surface area contributed by atoms with E-state index in [2.05, 4.69) is 17.4 Å². The number of para-hydroxylation sites is 1. The third-order valence-corrected chi connectivity index (χ3v) is 4.38. The number of hydrogen-bond donors (Lipinski definition) is 1. The largest absolute Gasteiger partial charge is 0.352 e. The molecule has 1 heterocycles. The van der Waals surface area contributed by atoms with Gasteiger partial charge in [0.05, 0.1) is 0 Å². The molecule has 0 unspecified atom stereocenters. The van der Waals surface area contributed by atoms with E-state index in [-0.39, 0.29) is 18.5 Å². The highest BCUT2D eigenvalue weighted by Gasteiger charge is 2.12. The maximum absolute atomic E-state index is 12.4. The second kappa shape index (κ2) is 7.79. The number of aryl methyl sites for hydroxylation is 1. The number of carbonyl (C=O) groups excluding carboxylic acids is 2. The number of rotatable bonds is 7. The zero-order chi connectivity index (χ0) is 17.6. The number of hydrogen-bond acceptors (Lipinski definition) is 2. The van der Waals surface area contributed by atoms with E-state index in [1.807, 2.05) is 54.0 Å². The van der Waals surface area contributed by atoms with Gasteiger partial charge in [0, 0.05) is 28.7 Å². The Morgan fingerprint density at radius 2 is 1.84 bits per heavy atom. The molecule has 1 amide bonds. The number of benzene rings is 2. The molecule has 0 fully saturated rings. The van der Waals surface area contributed by atoms with Crippen LogP contribution in [0.5, 0.6) is 0 Å². The summed E-state index contributed by atoms with van der Waals surface area (Å²) in [6.45, 7) is 2.23. The molecule has 4 nitrogen and oxygen atoms in total. The fourth-order valence-corrected chi connectivity index (χ4v) is 3.08. The summed E-state index contributed by atoms with van der Waals surface area (Å²) in [4.78, 5) is 23.6. The molecule has 3 rings (SSSR count). The summed E-state index contributed by atoms with van der Waals surface area (Å²) in [6, 6.07) is 18.0.